The van der Waals surface area contributed by atoms with E-state index < -0.39 is 0 Å². The number of nitrogens with two attached hydrogens (primary N) is 1. The van der Waals surface area contributed by atoms with Crippen LogP contribution in [0.1, 0.15) is 0 Å². The van der Waals surface area contributed by atoms with Crippen molar-refractivity contribution in [3.05, 3.63) is 18.9 Å². The van der Waals surface area contributed by atoms with E-state index in [0.29, 0.717) is 17.1 Å². The van der Waals surface area contributed by atoms with Gasteiger partial charge in [-0.05, 0) is 0 Å². The third-order valence-corrected chi connectivity index (χ3v) is 1.27. The molecule has 0 bridgehead atoms. The van der Waals surface area contributed by atoms with Gasteiger partial charge in [-0.25, -0.2) is 9.97 Å². The Balaban J connectivity index is 2.80. The lowest BCUT2D eigenvalue weighted by Crippen LogP contribution is -1.89. The van der Waals surface area contributed by atoms with Crippen LogP contribution >= 0.6 is 0 Å². The first-order valence-electron chi connectivity index (χ1n) is 2.80. The molecule has 0 aromatic carbocycles. The van der Waals surface area contributed by atoms with E-state index in [1.807, 2.05) is 0 Å². The normalized spacial score (nSPS) is 10.4. The number of hydrogen-bond acceptors (Lipinski definition) is 4. The fourth-order valence-corrected chi connectivity index (χ4v) is 0.812. The lowest BCUT2D eigenvalue weighted by atomic mass is 10.3. The maximum absolute atomic E-state index is 5.50. The average Bonchev–Trinajstić information content (AvgIpc) is 2.36. The van der Waals surface area contributed by atoms with Gasteiger partial charge >= 0.3 is 0 Å². The van der Waals surface area contributed by atoms with E-state index in [9.17, 15) is 0 Å². The molecular formula is C6H5N3O. The molecule has 0 aliphatic carbocycles. The van der Waals surface area contributed by atoms with Crippen LogP contribution in [0.25, 0.3) is 11.4 Å². The SMILES string of the molecule is Nc1cocc2ncnc1-2. The minimum Gasteiger partial charge on any atom is -0.468 e. The molecule has 0 aromatic heterocycles. The van der Waals surface area contributed by atoms with Crippen LogP contribution in [0.15, 0.2) is 23.3 Å². The van der Waals surface area contributed by atoms with Crippen LogP contribution in [0.3, 0.4) is 0 Å². The number of imidazole rings is 1. The summed E-state index contributed by atoms with van der Waals surface area (Å²) >= 11 is 0. The van der Waals surface area contributed by atoms with E-state index in [1.165, 1.54) is 18.9 Å². The number of fused-ring (bicyclic) bond motifs is 1. The molecule has 2 heterocycles. The molecule has 4 heteroatoms. The summed E-state index contributed by atoms with van der Waals surface area (Å²) in [4.78, 5) is 7.82. The van der Waals surface area contributed by atoms with Gasteiger partial charge < -0.3 is 10.2 Å². The highest BCUT2D eigenvalue weighted by Crippen LogP contribution is 2.22. The van der Waals surface area contributed by atoms with Crippen LogP contribution in [-0.4, -0.2) is 9.97 Å². The summed E-state index contributed by atoms with van der Waals surface area (Å²) in [5, 5.41) is 0. The van der Waals surface area contributed by atoms with Crippen LogP contribution in [-0.2, 0) is 0 Å². The molecule has 0 unspecified atom stereocenters. The minimum absolute atomic E-state index is 0.523. The summed E-state index contributed by atoms with van der Waals surface area (Å²) in [6.07, 6.45) is 4.41. The van der Waals surface area contributed by atoms with E-state index in [2.05, 4.69) is 9.97 Å². The van der Waals surface area contributed by atoms with E-state index in [-0.39, 0.29) is 0 Å². The Morgan fingerprint density at radius 2 is 2.20 bits per heavy atom. The second-order valence-corrected chi connectivity index (χ2v) is 1.93. The highest BCUT2D eigenvalue weighted by atomic mass is 16.3. The van der Waals surface area contributed by atoms with Gasteiger partial charge in [0.25, 0.3) is 0 Å². The molecule has 50 valence electrons. The number of nitrogens with zero attached hydrogens (tertiary/aromatic N) is 2. The molecule has 0 atom stereocenters. The summed E-state index contributed by atoms with van der Waals surface area (Å²) in [6.45, 7) is 0. The van der Waals surface area contributed by atoms with Gasteiger partial charge in [-0.1, -0.05) is 0 Å². The van der Waals surface area contributed by atoms with Crippen molar-refractivity contribution in [2.75, 3.05) is 5.73 Å². The van der Waals surface area contributed by atoms with Gasteiger partial charge in [0.2, 0.25) is 0 Å². The van der Waals surface area contributed by atoms with Gasteiger partial charge in [-0.2, -0.15) is 0 Å². The first-order chi connectivity index (χ1) is 4.88. The summed E-state index contributed by atoms with van der Waals surface area (Å²) < 4.78 is 4.85. The average molecular weight is 135 g/mol. The third-order valence-electron chi connectivity index (χ3n) is 1.27. The van der Waals surface area contributed by atoms with Gasteiger partial charge in [0.05, 0.1) is 5.69 Å². The highest BCUT2D eigenvalue weighted by Gasteiger charge is 2.08. The van der Waals surface area contributed by atoms with Crippen molar-refractivity contribution in [1.29, 1.82) is 0 Å². The predicted octanol–water partition coefficient (Wildman–Crippen LogP) is 0.757. The van der Waals surface area contributed by atoms with E-state index in [4.69, 9.17) is 10.2 Å². The molecule has 0 aromatic rings. The van der Waals surface area contributed by atoms with Crippen LogP contribution in [0.4, 0.5) is 5.69 Å². The van der Waals surface area contributed by atoms with Crippen molar-refractivity contribution >= 4 is 5.69 Å². The molecule has 10 heavy (non-hydrogen) atoms. The lowest BCUT2D eigenvalue weighted by Gasteiger charge is -1.95. The van der Waals surface area contributed by atoms with Gasteiger partial charge in [-0.15, -0.1) is 0 Å². The third kappa shape index (κ3) is 0.556. The van der Waals surface area contributed by atoms with Gasteiger partial charge in [0.1, 0.15) is 30.2 Å². The zero-order valence-electron chi connectivity index (χ0n) is 5.11. The van der Waals surface area contributed by atoms with Crippen molar-refractivity contribution in [2.45, 2.75) is 0 Å². The molecule has 0 fully saturated rings. The summed E-state index contributed by atoms with van der Waals surface area (Å²) in [7, 11) is 0. The Hall–Kier alpha value is -1.58. The van der Waals surface area contributed by atoms with Crippen molar-refractivity contribution in [1.82, 2.24) is 9.97 Å². The Kier molecular flexibility index (Phi) is 0.887. The van der Waals surface area contributed by atoms with Crippen LogP contribution in [0.5, 0.6) is 0 Å². The van der Waals surface area contributed by atoms with Crippen LogP contribution in [0, 0.1) is 0 Å². The first kappa shape index (κ1) is 5.22. The van der Waals surface area contributed by atoms with Gasteiger partial charge in [0.15, 0.2) is 0 Å². The molecule has 0 amide bonds. The summed E-state index contributed by atoms with van der Waals surface area (Å²) in [5.74, 6) is 0. The van der Waals surface area contributed by atoms with Crippen LogP contribution in [0.2, 0.25) is 0 Å². The quantitative estimate of drug-likeness (QED) is 0.579. The fourth-order valence-electron chi connectivity index (χ4n) is 0.812. The smallest absolute Gasteiger partial charge is 0.128 e. The Bertz CT molecular complexity index is 317. The molecule has 2 N–H and O–H groups in total. The predicted molar refractivity (Wildman–Crippen MR) is 35.3 cm³/mol. The standard InChI is InChI=1S/C6H5N3O/c7-4-1-10-2-5-6(4)9-3-8-5/h1-3H,7H2. The Morgan fingerprint density at radius 1 is 1.30 bits per heavy atom. The van der Waals surface area contributed by atoms with Crippen molar-refractivity contribution in [3.8, 4) is 11.4 Å². The largest absolute Gasteiger partial charge is 0.468 e. The van der Waals surface area contributed by atoms with Crippen LogP contribution < -0.4 is 5.73 Å². The monoisotopic (exact) mass is 135 g/mol. The second-order valence-electron chi connectivity index (χ2n) is 1.93. The van der Waals surface area contributed by atoms with Crippen molar-refractivity contribution < 1.29 is 4.42 Å². The number of rotatable bonds is 0. The zero-order valence-corrected chi connectivity index (χ0v) is 5.11. The topological polar surface area (TPSA) is 64.9 Å². The molecule has 2 rings (SSSR count). The molecule has 2 aliphatic heterocycles. The summed E-state index contributed by atoms with van der Waals surface area (Å²) in [6, 6.07) is 0. The van der Waals surface area contributed by atoms with E-state index in [1.54, 1.807) is 0 Å². The Morgan fingerprint density at radius 3 is 3.00 bits per heavy atom. The van der Waals surface area contributed by atoms with E-state index in [0.717, 1.165) is 0 Å². The zero-order chi connectivity index (χ0) is 6.97. The molecule has 2 aliphatic rings. The Labute approximate surface area is 57.0 Å². The maximum Gasteiger partial charge on any atom is 0.128 e. The van der Waals surface area contributed by atoms with E-state index >= 15 is 0 Å². The number of aromatic nitrogens is 2. The molecule has 0 saturated carbocycles. The number of anilines is 1. The minimum atomic E-state index is 0.523. The fraction of sp³-hybridized carbons (Fsp3) is 0. The lowest BCUT2D eigenvalue weighted by molar-refractivity contribution is 0.552. The second kappa shape index (κ2) is 1.70. The number of hydrogen-bond donors (Lipinski definition) is 1. The first-order valence-corrected chi connectivity index (χ1v) is 2.80. The molecule has 0 spiro atoms. The molecule has 0 saturated heterocycles. The molecular weight excluding hydrogens is 130 g/mol. The molecule has 4 nitrogen and oxygen atoms in total. The van der Waals surface area contributed by atoms with Crippen molar-refractivity contribution in [2.24, 2.45) is 0 Å². The molecule has 0 radical (unpaired) electrons. The van der Waals surface area contributed by atoms with Gasteiger partial charge in [-0.3, -0.25) is 0 Å². The highest BCUT2D eigenvalue weighted by molar-refractivity contribution is 5.68. The number of nitrogen functional groups attached to an aromatic ring is 1. The summed E-state index contributed by atoms with van der Waals surface area (Å²) in [5.41, 5.74) is 7.42. The maximum atomic E-state index is 5.50. The van der Waals surface area contributed by atoms with Gasteiger partial charge in [0, 0.05) is 0 Å². The van der Waals surface area contributed by atoms with Crippen molar-refractivity contribution in [3.63, 3.8) is 0 Å².